The van der Waals surface area contributed by atoms with Crippen molar-refractivity contribution in [3.63, 3.8) is 0 Å². The van der Waals surface area contributed by atoms with Gasteiger partial charge in [0.2, 0.25) is 0 Å². The van der Waals surface area contributed by atoms with Gasteiger partial charge in [-0.25, -0.2) is 4.98 Å². The first-order chi connectivity index (χ1) is 9.02. The van der Waals surface area contributed by atoms with E-state index in [0.717, 1.165) is 23.7 Å². The van der Waals surface area contributed by atoms with E-state index >= 15 is 0 Å². The molecule has 2 saturated carbocycles. The first-order valence-corrected chi connectivity index (χ1v) is 7.33. The van der Waals surface area contributed by atoms with Gasteiger partial charge >= 0.3 is 0 Å². The number of hydrogen-bond donors (Lipinski definition) is 2. The fourth-order valence-corrected chi connectivity index (χ4v) is 3.29. The molecule has 0 spiro atoms. The maximum Gasteiger partial charge on any atom is 0.255 e. The molecule has 1 aromatic heterocycles. The van der Waals surface area contributed by atoms with E-state index in [1.165, 1.54) is 25.7 Å². The minimum absolute atomic E-state index is 0.00117. The maximum absolute atomic E-state index is 12.1. The van der Waals surface area contributed by atoms with Crippen LogP contribution in [0.25, 0.3) is 0 Å². The molecule has 2 aliphatic rings. The lowest BCUT2D eigenvalue weighted by Gasteiger charge is -2.20. The number of hydrogen-bond acceptors (Lipinski definition) is 3. The Kier molecular flexibility index (Phi) is 3.01. The van der Waals surface area contributed by atoms with Crippen molar-refractivity contribution < 1.29 is 0 Å². The fourth-order valence-electron chi connectivity index (χ4n) is 3.29. The summed E-state index contributed by atoms with van der Waals surface area (Å²) in [6.07, 6.45) is 5.53. The summed E-state index contributed by atoms with van der Waals surface area (Å²) in [4.78, 5) is 19.2. The molecule has 0 saturated heterocycles. The lowest BCUT2D eigenvalue weighted by molar-refractivity contribution is 0.380. The van der Waals surface area contributed by atoms with Crippen LogP contribution in [0.3, 0.4) is 0 Å². The van der Waals surface area contributed by atoms with Crippen molar-refractivity contribution in [2.75, 3.05) is 6.54 Å². The Morgan fingerprint density at radius 1 is 1.42 bits per heavy atom. The average Bonchev–Trinajstić information content (AvgIpc) is 3.17. The Hall–Kier alpha value is -1.16. The molecule has 2 fully saturated rings. The number of aromatic amines is 1. The molecule has 1 unspecified atom stereocenters. The van der Waals surface area contributed by atoms with Gasteiger partial charge in [0.1, 0.15) is 5.82 Å². The quantitative estimate of drug-likeness (QED) is 0.854. The number of aromatic nitrogens is 2. The van der Waals surface area contributed by atoms with Crippen LogP contribution >= 0.6 is 0 Å². The number of nitrogens with zero attached hydrogens (tertiary/aromatic N) is 1. The molecule has 1 heterocycles. The highest BCUT2D eigenvalue weighted by Gasteiger charge is 2.53. The van der Waals surface area contributed by atoms with Gasteiger partial charge in [-0.1, -0.05) is 0 Å². The predicted molar refractivity (Wildman–Crippen MR) is 75.1 cm³/mol. The van der Waals surface area contributed by atoms with E-state index in [0.29, 0.717) is 11.2 Å². The van der Waals surface area contributed by atoms with Gasteiger partial charge in [-0.05, 0) is 57.8 Å². The maximum atomic E-state index is 12.1. The van der Waals surface area contributed by atoms with E-state index in [-0.39, 0.29) is 11.6 Å². The van der Waals surface area contributed by atoms with Crippen molar-refractivity contribution in [2.45, 2.75) is 52.5 Å². The monoisotopic (exact) mass is 261 g/mol. The van der Waals surface area contributed by atoms with Crippen molar-refractivity contribution in [1.29, 1.82) is 0 Å². The minimum atomic E-state index is 0.00117. The normalized spacial score (nSPS) is 22.3. The molecule has 19 heavy (non-hydrogen) atoms. The van der Waals surface area contributed by atoms with Gasteiger partial charge in [-0.3, -0.25) is 4.79 Å². The molecule has 0 amide bonds. The zero-order valence-corrected chi connectivity index (χ0v) is 12.0. The van der Waals surface area contributed by atoms with Gasteiger partial charge in [0.25, 0.3) is 5.56 Å². The van der Waals surface area contributed by atoms with Crippen molar-refractivity contribution in [2.24, 2.45) is 11.3 Å². The Morgan fingerprint density at radius 3 is 2.63 bits per heavy atom. The number of rotatable bonds is 5. The van der Waals surface area contributed by atoms with Gasteiger partial charge < -0.3 is 10.3 Å². The van der Waals surface area contributed by atoms with Gasteiger partial charge in [-0.15, -0.1) is 0 Å². The van der Waals surface area contributed by atoms with E-state index in [1.54, 1.807) is 0 Å². The fraction of sp³-hybridized carbons (Fsp3) is 0.733. The highest BCUT2D eigenvalue weighted by molar-refractivity contribution is 5.20. The lowest BCUT2D eigenvalue weighted by atomic mass is 9.99. The molecular formula is C15H23N3O. The van der Waals surface area contributed by atoms with Crippen LogP contribution in [0, 0.1) is 25.2 Å². The first-order valence-electron chi connectivity index (χ1n) is 7.33. The van der Waals surface area contributed by atoms with Crippen LogP contribution in [0.4, 0.5) is 0 Å². The third-order valence-electron chi connectivity index (χ3n) is 4.79. The van der Waals surface area contributed by atoms with E-state index in [2.05, 4.69) is 22.2 Å². The van der Waals surface area contributed by atoms with Crippen LogP contribution in [0.2, 0.25) is 0 Å². The highest BCUT2D eigenvalue weighted by Crippen LogP contribution is 2.60. The number of aryl methyl sites for hydroxylation is 2. The van der Waals surface area contributed by atoms with Crippen LogP contribution in [-0.4, -0.2) is 16.5 Å². The summed E-state index contributed by atoms with van der Waals surface area (Å²) in [5.41, 5.74) is 2.20. The Balaban J connectivity index is 1.70. The lowest BCUT2D eigenvalue weighted by Crippen LogP contribution is -2.32. The van der Waals surface area contributed by atoms with Crippen molar-refractivity contribution >= 4 is 0 Å². The molecule has 2 N–H and O–H groups in total. The van der Waals surface area contributed by atoms with Crippen molar-refractivity contribution in [3.8, 4) is 0 Å². The van der Waals surface area contributed by atoms with Crippen LogP contribution in [0.15, 0.2) is 4.79 Å². The van der Waals surface area contributed by atoms with Gasteiger partial charge in [0, 0.05) is 18.3 Å². The third-order valence-corrected chi connectivity index (χ3v) is 4.79. The molecule has 0 aliphatic heterocycles. The second-order valence-electron chi connectivity index (χ2n) is 6.39. The van der Waals surface area contributed by atoms with Crippen LogP contribution in [-0.2, 0) is 0 Å². The largest absolute Gasteiger partial charge is 0.310 e. The zero-order chi connectivity index (χ0) is 13.6. The summed E-state index contributed by atoms with van der Waals surface area (Å²) < 4.78 is 0. The van der Waals surface area contributed by atoms with E-state index in [1.807, 2.05) is 13.8 Å². The number of H-pyrrole nitrogens is 1. The summed E-state index contributed by atoms with van der Waals surface area (Å²) >= 11 is 0. The second kappa shape index (κ2) is 4.44. The van der Waals surface area contributed by atoms with Crippen molar-refractivity contribution in [1.82, 2.24) is 15.3 Å². The van der Waals surface area contributed by atoms with Gasteiger partial charge in [-0.2, -0.15) is 0 Å². The standard InChI is InChI=1S/C15H23N3O/c1-9(13-10(2)17-11(3)18-14(13)19)16-8-15(6-7-15)12-4-5-12/h9,12,16H,4-8H2,1-3H3,(H,17,18,19). The molecule has 1 atom stereocenters. The van der Waals surface area contributed by atoms with E-state index in [4.69, 9.17) is 0 Å². The van der Waals surface area contributed by atoms with Crippen LogP contribution in [0.5, 0.6) is 0 Å². The summed E-state index contributed by atoms with van der Waals surface area (Å²) in [6, 6.07) is 0.0769. The molecule has 3 rings (SSSR count). The molecule has 1 aromatic rings. The summed E-state index contributed by atoms with van der Waals surface area (Å²) in [5.74, 6) is 1.64. The SMILES string of the molecule is Cc1nc(C)c(C(C)NCC2(C3CC3)CC2)c(=O)[nH]1. The molecule has 0 aromatic carbocycles. The topological polar surface area (TPSA) is 57.8 Å². The average molecular weight is 261 g/mol. The Bertz CT molecular complexity index is 541. The zero-order valence-electron chi connectivity index (χ0n) is 12.0. The molecule has 4 heteroatoms. The van der Waals surface area contributed by atoms with Crippen LogP contribution in [0.1, 0.15) is 55.7 Å². The molecule has 0 radical (unpaired) electrons. The van der Waals surface area contributed by atoms with Gasteiger partial charge in [0.15, 0.2) is 0 Å². The molecular weight excluding hydrogens is 238 g/mol. The predicted octanol–water partition coefficient (Wildman–Crippen LogP) is 2.23. The first kappa shape index (κ1) is 12.9. The summed E-state index contributed by atoms with van der Waals surface area (Å²) in [6.45, 7) is 6.86. The summed E-state index contributed by atoms with van der Waals surface area (Å²) in [5, 5.41) is 3.56. The Labute approximate surface area is 114 Å². The van der Waals surface area contributed by atoms with E-state index < -0.39 is 0 Å². The second-order valence-corrected chi connectivity index (χ2v) is 6.39. The third kappa shape index (κ3) is 2.46. The minimum Gasteiger partial charge on any atom is -0.310 e. The molecule has 0 bridgehead atoms. The molecule has 2 aliphatic carbocycles. The van der Waals surface area contributed by atoms with E-state index in [9.17, 15) is 4.79 Å². The smallest absolute Gasteiger partial charge is 0.255 e. The van der Waals surface area contributed by atoms with Crippen LogP contribution < -0.4 is 10.9 Å². The van der Waals surface area contributed by atoms with Gasteiger partial charge in [0.05, 0.1) is 5.56 Å². The molecule has 4 nitrogen and oxygen atoms in total. The van der Waals surface area contributed by atoms with Crippen molar-refractivity contribution in [3.05, 3.63) is 27.4 Å². The summed E-state index contributed by atoms with van der Waals surface area (Å²) in [7, 11) is 0. The molecule has 104 valence electrons. The number of nitrogens with one attached hydrogen (secondary N) is 2. The highest BCUT2D eigenvalue weighted by atomic mass is 16.1. The Morgan fingerprint density at radius 2 is 2.11 bits per heavy atom.